The number of para-hydroxylation sites is 1. The Hall–Kier alpha value is -3.15. The second-order valence-electron chi connectivity index (χ2n) is 5.31. The quantitative estimate of drug-likeness (QED) is 0.784. The van der Waals surface area contributed by atoms with Crippen LogP contribution in [0.3, 0.4) is 0 Å². The largest absolute Gasteiger partial charge is 0.493 e. The normalized spacial score (nSPS) is 11.8. The van der Waals surface area contributed by atoms with Crippen molar-refractivity contribution in [3.05, 3.63) is 72.3 Å². The number of methoxy groups -OCH3 is 1. The van der Waals surface area contributed by atoms with E-state index < -0.39 is 0 Å². The fraction of sp³-hybridized carbons (Fsp3) is 0.167. The summed E-state index contributed by atoms with van der Waals surface area (Å²) >= 11 is 0. The lowest BCUT2D eigenvalue weighted by Gasteiger charge is -2.13. The summed E-state index contributed by atoms with van der Waals surface area (Å²) in [4.78, 5) is 16.6. The SMILES string of the molecule is COc1cn(-c2ccccc2)nc1C(=O)NC(C)c1cccnc1. The third-order valence-electron chi connectivity index (χ3n) is 3.67. The number of hydrogen-bond donors (Lipinski definition) is 1. The van der Waals surface area contributed by atoms with Crippen LogP contribution in [-0.2, 0) is 0 Å². The van der Waals surface area contributed by atoms with Crippen molar-refractivity contribution in [2.75, 3.05) is 7.11 Å². The van der Waals surface area contributed by atoms with E-state index in [1.807, 2.05) is 49.4 Å². The summed E-state index contributed by atoms with van der Waals surface area (Å²) in [6.45, 7) is 1.90. The van der Waals surface area contributed by atoms with E-state index in [2.05, 4.69) is 15.4 Å². The van der Waals surface area contributed by atoms with Crippen LogP contribution < -0.4 is 10.1 Å². The van der Waals surface area contributed by atoms with Gasteiger partial charge in [-0.3, -0.25) is 9.78 Å². The molecule has 1 aromatic carbocycles. The minimum Gasteiger partial charge on any atom is -0.493 e. The van der Waals surface area contributed by atoms with Gasteiger partial charge in [0.15, 0.2) is 11.4 Å². The average molecular weight is 322 g/mol. The minimum atomic E-state index is -0.294. The first-order chi connectivity index (χ1) is 11.7. The van der Waals surface area contributed by atoms with Gasteiger partial charge in [-0.1, -0.05) is 24.3 Å². The van der Waals surface area contributed by atoms with Gasteiger partial charge in [0.25, 0.3) is 5.91 Å². The zero-order valence-electron chi connectivity index (χ0n) is 13.5. The summed E-state index contributed by atoms with van der Waals surface area (Å²) in [6.07, 6.45) is 5.12. The number of amides is 1. The van der Waals surface area contributed by atoms with Crippen molar-refractivity contribution in [3.8, 4) is 11.4 Å². The lowest BCUT2D eigenvalue weighted by molar-refractivity contribution is 0.0931. The first-order valence-electron chi connectivity index (χ1n) is 7.59. The lowest BCUT2D eigenvalue weighted by Crippen LogP contribution is -2.27. The predicted molar refractivity (Wildman–Crippen MR) is 90.2 cm³/mol. The Labute approximate surface area is 140 Å². The molecule has 24 heavy (non-hydrogen) atoms. The maximum absolute atomic E-state index is 12.6. The van der Waals surface area contributed by atoms with Gasteiger partial charge in [-0.15, -0.1) is 0 Å². The molecule has 0 saturated heterocycles. The van der Waals surface area contributed by atoms with Gasteiger partial charge in [0.1, 0.15) is 0 Å². The van der Waals surface area contributed by atoms with Crippen LogP contribution in [0.5, 0.6) is 5.75 Å². The van der Waals surface area contributed by atoms with Crippen molar-refractivity contribution >= 4 is 5.91 Å². The van der Waals surface area contributed by atoms with E-state index in [9.17, 15) is 4.79 Å². The first kappa shape index (κ1) is 15.7. The molecule has 6 heteroatoms. The van der Waals surface area contributed by atoms with E-state index >= 15 is 0 Å². The van der Waals surface area contributed by atoms with Crippen molar-refractivity contribution in [2.45, 2.75) is 13.0 Å². The number of rotatable bonds is 5. The number of pyridine rings is 1. The van der Waals surface area contributed by atoms with Crippen LogP contribution >= 0.6 is 0 Å². The monoisotopic (exact) mass is 322 g/mol. The van der Waals surface area contributed by atoms with Gasteiger partial charge in [-0.05, 0) is 30.7 Å². The highest BCUT2D eigenvalue weighted by Crippen LogP contribution is 2.20. The van der Waals surface area contributed by atoms with Crippen molar-refractivity contribution in [2.24, 2.45) is 0 Å². The van der Waals surface area contributed by atoms with E-state index in [-0.39, 0.29) is 17.6 Å². The molecule has 1 atom stereocenters. The molecule has 1 unspecified atom stereocenters. The van der Waals surface area contributed by atoms with Crippen LogP contribution in [-0.4, -0.2) is 27.8 Å². The zero-order valence-corrected chi connectivity index (χ0v) is 13.5. The number of nitrogens with zero attached hydrogens (tertiary/aromatic N) is 3. The van der Waals surface area contributed by atoms with Gasteiger partial charge in [0, 0.05) is 12.4 Å². The Balaban J connectivity index is 1.83. The molecular formula is C18H18N4O2. The van der Waals surface area contributed by atoms with Crippen molar-refractivity contribution in [3.63, 3.8) is 0 Å². The lowest BCUT2D eigenvalue weighted by atomic mass is 10.1. The first-order valence-corrected chi connectivity index (χ1v) is 7.59. The van der Waals surface area contributed by atoms with Gasteiger partial charge < -0.3 is 10.1 Å². The Kier molecular flexibility index (Phi) is 4.56. The Bertz CT molecular complexity index is 816. The number of ether oxygens (including phenoxy) is 1. The second kappa shape index (κ2) is 6.95. The molecule has 2 heterocycles. The maximum Gasteiger partial charge on any atom is 0.276 e. The fourth-order valence-electron chi connectivity index (χ4n) is 2.36. The summed E-state index contributed by atoms with van der Waals surface area (Å²) in [5.41, 5.74) is 2.03. The molecule has 3 rings (SSSR count). The standard InChI is InChI=1S/C18H18N4O2/c1-13(14-7-6-10-19-11-14)20-18(23)17-16(24-2)12-22(21-17)15-8-4-3-5-9-15/h3-13H,1-2H3,(H,20,23). The summed E-state index contributed by atoms with van der Waals surface area (Å²) in [5, 5.41) is 7.28. The number of hydrogen-bond acceptors (Lipinski definition) is 4. The topological polar surface area (TPSA) is 69.0 Å². The van der Waals surface area contributed by atoms with Crippen molar-refractivity contribution < 1.29 is 9.53 Å². The van der Waals surface area contributed by atoms with Crippen LogP contribution in [0.2, 0.25) is 0 Å². The molecule has 0 radical (unpaired) electrons. The van der Waals surface area contributed by atoms with Crippen LogP contribution in [0.4, 0.5) is 0 Å². The minimum absolute atomic E-state index is 0.183. The highest BCUT2D eigenvalue weighted by atomic mass is 16.5. The van der Waals surface area contributed by atoms with Crippen LogP contribution in [0.1, 0.15) is 29.0 Å². The molecule has 122 valence electrons. The average Bonchev–Trinajstić information content (AvgIpc) is 3.08. The van der Waals surface area contributed by atoms with Gasteiger partial charge in [-0.2, -0.15) is 5.10 Å². The third-order valence-corrected chi connectivity index (χ3v) is 3.67. The van der Waals surface area contributed by atoms with Gasteiger partial charge >= 0.3 is 0 Å². The van der Waals surface area contributed by atoms with Gasteiger partial charge in [0.2, 0.25) is 0 Å². The molecule has 6 nitrogen and oxygen atoms in total. The summed E-state index contributed by atoms with van der Waals surface area (Å²) in [7, 11) is 1.52. The molecule has 0 aliphatic heterocycles. The maximum atomic E-state index is 12.6. The molecule has 3 aromatic rings. The van der Waals surface area contributed by atoms with E-state index in [0.29, 0.717) is 5.75 Å². The molecule has 0 spiro atoms. The molecule has 0 saturated carbocycles. The van der Waals surface area contributed by atoms with E-state index in [4.69, 9.17) is 4.74 Å². The number of carbonyl (C=O) groups excluding carboxylic acids is 1. The van der Waals surface area contributed by atoms with Crippen LogP contribution in [0.15, 0.2) is 61.1 Å². The molecule has 0 aliphatic rings. The molecule has 2 aromatic heterocycles. The van der Waals surface area contributed by atoms with Gasteiger partial charge in [0.05, 0.1) is 25.0 Å². The third kappa shape index (κ3) is 3.27. The number of carbonyl (C=O) groups is 1. The Morgan fingerprint density at radius 2 is 2.00 bits per heavy atom. The summed E-state index contributed by atoms with van der Waals surface area (Å²) < 4.78 is 6.93. The van der Waals surface area contributed by atoms with Crippen LogP contribution in [0.25, 0.3) is 5.69 Å². The number of aromatic nitrogens is 3. The van der Waals surface area contributed by atoms with E-state index in [1.54, 1.807) is 23.3 Å². The highest BCUT2D eigenvalue weighted by Gasteiger charge is 2.20. The smallest absolute Gasteiger partial charge is 0.276 e. The Morgan fingerprint density at radius 1 is 1.21 bits per heavy atom. The summed E-state index contributed by atoms with van der Waals surface area (Å²) in [6, 6.07) is 13.1. The number of nitrogens with one attached hydrogen (secondary N) is 1. The van der Waals surface area contributed by atoms with E-state index in [1.165, 1.54) is 7.11 Å². The van der Waals surface area contributed by atoms with Gasteiger partial charge in [-0.25, -0.2) is 4.68 Å². The fourth-order valence-corrected chi connectivity index (χ4v) is 2.36. The molecule has 0 bridgehead atoms. The second-order valence-corrected chi connectivity index (χ2v) is 5.31. The van der Waals surface area contributed by atoms with Crippen molar-refractivity contribution in [1.29, 1.82) is 0 Å². The van der Waals surface area contributed by atoms with Crippen molar-refractivity contribution in [1.82, 2.24) is 20.1 Å². The van der Waals surface area contributed by atoms with Crippen LogP contribution in [0, 0.1) is 0 Å². The molecule has 0 fully saturated rings. The number of benzene rings is 1. The zero-order chi connectivity index (χ0) is 16.9. The summed E-state index contributed by atoms with van der Waals surface area (Å²) in [5.74, 6) is 0.132. The molecular weight excluding hydrogens is 304 g/mol. The molecule has 1 N–H and O–H groups in total. The Morgan fingerprint density at radius 3 is 2.67 bits per heavy atom. The highest BCUT2D eigenvalue weighted by molar-refractivity contribution is 5.95. The predicted octanol–water partition coefficient (Wildman–Crippen LogP) is 2.77. The van der Waals surface area contributed by atoms with E-state index in [0.717, 1.165) is 11.3 Å². The molecule has 1 amide bonds. The molecule has 0 aliphatic carbocycles.